The molecule has 1 N–H and O–H groups in total. The highest BCUT2D eigenvalue weighted by molar-refractivity contribution is 7.09. The second kappa shape index (κ2) is 5.19. The summed E-state index contributed by atoms with van der Waals surface area (Å²) in [4.78, 5) is 14.9. The number of nitrogens with zero attached hydrogens (tertiary/aromatic N) is 1. The molecule has 0 fully saturated rings. The zero-order valence-electron chi connectivity index (χ0n) is 8.19. The summed E-state index contributed by atoms with van der Waals surface area (Å²) in [5, 5.41) is 11.7. The van der Waals surface area contributed by atoms with E-state index in [1.54, 1.807) is 5.38 Å². The van der Waals surface area contributed by atoms with Crippen LogP contribution in [0.4, 0.5) is 0 Å². The molecule has 5 heteroatoms. The van der Waals surface area contributed by atoms with Gasteiger partial charge in [0.2, 0.25) is 0 Å². The molecule has 1 aromatic rings. The molecule has 1 aromatic heterocycles. The van der Waals surface area contributed by atoms with Crippen LogP contribution in [0.25, 0.3) is 0 Å². The van der Waals surface area contributed by atoms with Gasteiger partial charge in [0.05, 0.1) is 6.61 Å². The highest BCUT2D eigenvalue weighted by Gasteiger charge is 2.13. The monoisotopic (exact) mass is 215 g/mol. The van der Waals surface area contributed by atoms with Gasteiger partial charge in [0.1, 0.15) is 16.8 Å². The Bertz CT molecular complexity index is 311. The Balaban J connectivity index is 2.61. The molecule has 1 unspecified atom stereocenters. The summed E-state index contributed by atoms with van der Waals surface area (Å²) in [5.74, 6) is -0.0869. The van der Waals surface area contributed by atoms with Crippen LogP contribution in [0.1, 0.15) is 35.4 Å². The number of ether oxygens (including phenoxy) is 1. The molecule has 1 rings (SSSR count). The van der Waals surface area contributed by atoms with Gasteiger partial charge in [-0.05, 0) is 6.92 Å². The number of aliphatic hydroxyl groups is 1. The molecule has 0 aliphatic heterocycles. The van der Waals surface area contributed by atoms with Crippen LogP contribution in [-0.4, -0.2) is 29.1 Å². The highest BCUT2D eigenvalue weighted by Crippen LogP contribution is 2.18. The van der Waals surface area contributed by atoms with Gasteiger partial charge < -0.3 is 9.84 Å². The molecule has 0 spiro atoms. The lowest BCUT2D eigenvalue weighted by Gasteiger charge is -2.05. The molecule has 0 saturated heterocycles. The third-order valence-electron chi connectivity index (χ3n) is 1.65. The molecule has 0 saturated carbocycles. The molecule has 0 bridgehead atoms. The van der Waals surface area contributed by atoms with E-state index >= 15 is 0 Å². The quantitative estimate of drug-likeness (QED) is 0.754. The van der Waals surface area contributed by atoms with E-state index in [1.165, 1.54) is 18.3 Å². The van der Waals surface area contributed by atoms with E-state index in [4.69, 9.17) is 4.74 Å². The maximum Gasteiger partial charge on any atom is 0.178 e. The SMILES string of the molecule is CCOCC(O)c1nc(C(C)=O)cs1. The van der Waals surface area contributed by atoms with Gasteiger partial charge in [-0.25, -0.2) is 4.98 Å². The lowest BCUT2D eigenvalue weighted by molar-refractivity contribution is 0.0418. The predicted octanol–water partition coefficient (Wildman–Crippen LogP) is 1.42. The van der Waals surface area contributed by atoms with Crippen LogP contribution in [0.3, 0.4) is 0 Å². The summed E-state index contributed by atoms with van der Waals surface area (Å²) in [6.45, 7) is 4.09. The van der Waals surface area contributed by atoms with Gasteiger partial charge in [-0.15, -0.1) is 11.3 Å². The van der Waals surface area contributed by atoms with E-state index < -0.39 is 6.10 Å². The normalized spacial score (nSPS) is 12.8. The van der Waals surface area contributed by atoms with Crippen LogP contribution in [0.2, 0.25) is 0 Å². The Morgan fingerprint density at radius 2 is 2.50 bits per heavy atom. The van der Waals surface area contributed by atoms with E-state index in [1.807, 2.05) is 6.92 Å². The number of ketones is 1. The van der Waals surface area contributed by atoms with Gasteiger partial charge in [0.15, 0.2) is 5.78 Å². The Labute approximate surface area is 86.6 Å². The standard InChI is InChI=1S/C9H13NO3S/c1-3-13-4-8(12)9-10-7(5-14-9)6(2)11/h5,8,12H,3-4H2,1-2H3. The first-order valence-corrected chi connectivity index (χ1v) is 5.25. The van der Waals surface area contributed by atoms with Crippen molar-refractivity contribution in [2.75, 3.05) is 13.2 Å². The number of aromatic nitrogens is 1. The molecule has 4 nitrogen and oxygen atoms in total. The van der Waals surface area contributed by atoms with Crippen LogP contribution in [-0.2, 0) is 4.74 Å². The smallest absolute Gasteiger partial charge is 0.178 e. The maximum absolute atomic E-state index is 10.9. The fourth-order valence-corrected chi connectivity index (χ4v) is 1.73. The van der Waals surface area contributed by atoms with E-state index in [0.717, 1.165) is 0 Å². The molecule has 0 radical (unpaired) electrons. The van der Waals surface area contributed by atoms with E-state index in [2.05, 4.69) is 4.98 Å². The fourth-order valence-electron chi connectivity index (χ4n) is 0.903. The average molecular weight is 215 g/mol. The van der Waals surface area contributed by atoms with Gasteiger partial charge >= 0.3 is 0 Å². The fraction of sp³-hybridized carbons (Fsp3) is 0.556. The molecule has 1 atom stereocenters. The van der Waals surface area contributed by atoms with Gasteiger partial charge in [0.25, 0.3) is 0 Å². The first-order valence-electron chi connectivity index (χ1n) is 4.37. The minimum atomic E-state index is -0.729. The molecular weight excluding hydrogens is 202 g/mol. The zero-order chi connectivity index (χ0) is 10.6. The van der Waals surface area contributed by atoms with Crippen LogP contribution in [0.15, 0.2) is 5.38 Å². The summed E-state index contributed by atoms with van der Waals surface area (Å²) in [6, 6.07) is 0. The third-order valence-corrected chi connectivity index (χ3v) is 2.59. The summed E-state index contributed by atoms with van der Waals surface area (Å²) >= 11 is 1.27. The minimum Gasteiger partial charge on any atom is -0.383 e. The van der Waals surface area contributed by atoms with Gasteiger partial charge in [0, 0.05) is 18.9 Å². The third kappa shape index (κ3) is 2.87. The first-order chi connectivity index (χ1) is 6.65. The van der Waals surface area contributed by atoms with Crippen molar-refractivity contribution in [3.63, 3.8) is 0 Å². The molecule has 1 heterocycles. The Kier molecular flexibility index (Phi) is 4.19. The average Bonchev–Trinajstić information content (AvgIpc) is 2.62. The van der Waals surface area contributed by atoms with Crippen LogP contribution in [0, 0.1) is 0 Å². The Morgan fingerprint density at radius 3 is 3.00 bits per heavy atom. The minimum absolute atomic E-state index is 0.0869. The van der Waals surface area contributed by atoms with Crippen molar-refractivity contribution < 1.29 is 14.6 Å². The van der Waals surface area contributed by atoms with Crippen molar-refractivity contribution in [2.24, 2.45) is 0 Å². The number of carbonyl (C=O) groups excluding carboxylic acids is 1. The van der Waals surface area contributed by atoms with E-state index in [9.17, 15) is 9.90 Å². The van der Waals surface area contributed by atoms with E-state index in [-0.39, 0.29) is 12.4 Å². The molecular formula is C9H13NO3S. The molecule has 0 aliphatic rings. The van der Waals surface area contributed by atoms with E-state index in [0.29, 0.717) is 17.3 Å². The second-order valence-electron chi connectivity index (χ2n) is 2.80. The topological polar surface area (TPSA) is 59.4 Å². The summed E-state index contributed by atoms with van der Waals surface area (Å²) in [7, 11) is 0. The number of thiazole rings is 1. The summed E-state index contributed by atoms with van der Waals surface area (Å²) in [5.41, 5.74) is 0.403. The summed E-state index contributed by atoms with van der Waals surface area (Å²) < 4.78 is 5.05. The van der Waals surface area contributed by atoms with Crippen molar-refractivity contribution >= 4 is 17.1 Å². The molecule has 78 valence electrons. The van der Waals surface area contributed by atoms with Crippen LogP contribution < -0.4 is 0 Å². The van der Waals surface area contributed by atoms with Crippen LogP contribution in [0.5, 0.6) is 0 Å². The number of aliphatic hydroxyl groups excluding tert-OH is 1. The number of Topliss-reactive ketones (excluding diaryl/α,β-unsaturated/α-hetero) is 1. The molecule has 14 heavy (non-hydrogen) atoms. The predicted molar refractivity (Wildman–Crippen MR) is 53.6 cm³/mol. The molecule has 0 amide bonds. The van der Waals surface area contributed by atoms with Crippen molar-refractivity contribution in [1.29, 1.82) is 0 Å². The van der Waals surface area contributed by atoms with Crippen molar-refractivity contribution in [2.45, 2.75) is 20.0 Å². The lowest BCUT2D eigenvalue weighted by Crippen LogP contribution is -2.07. The number of hydrogen-bond acceptors (Lipinski definition) is 5. The Morgan fingerprint density at radius 1 is 1.79 bits per heavy atom. The first kappa shape index (κ1) is 11.3. The molecule has 0 aromatic carbocycles. The Hall–Kier alpha value is -0.780. The summed E-state index contributed by atoms with van der Waals surface area (Å²) in [6.07, 6.45) is -0.729. The van der Waals surface area contributed by atoms with Gasteiger partial charge in [-0.2, -0.15) is 0 Å². The van der Waals surface area contributed by atoms with Crippen molar-refractivity contribution in [3.8, 4) is 0 Å². The van der Waals surface area contributed by atoms with Crippen molar-refractivity contribution in [3.05, 3.63) is 16.1 Å². The molecule has 0 aliphatic carbocycles. The number of hydrogen-bond donors (Lipinski definition) is 1. The number of rotatable bonds is 5. The zero-order valence-corrected chi connectivity index (χ0v) is 9.00. The highest BCUT2D eigenvalue weighted by atomic mass is 32.1. The second-order valence-corrected chi connectivity index (χ2v) is 3.69. The number of carbonyl (C=O) groups is 1. The largest absolute Gasteiger partial charge is 0.383 e. The van der Waals surface area contributed by atoms with Crippen molar-refractivity contribution in [1.82, 2.24) is 4.98 Å². The van der Waals surface area contributed by atoms with Gasteiger partial charge in [-0.3, -0.25) is 4.79 Å². The maximum atomic E-state index is 10.9. The van der Waals surface area contributed by atoms with Crippen LogP contribution >= 0.6 is 11.3 Å². The van der Waals surface area contributed by atoms with Gasteiger partial charge in [-0.1, -0.05) is 0 Å². The lowest BCUT2D eigenvalue weighted by atomic mass is 10.3.